The molecule has 0 saturated heterocycles. The maximum absolute atomic E-state index is 12.5. The number of amides is 2. The van der Waals surface area contributed by atoms with Gasteiger partial charge in [0.05, 0.1) is 24.2 Å². The van der Waals surface area contributed by atoms with Crippen molar-refractivity contribution in [3.05, 3.63) is 54.1 Å². The van der Waals surface area contributed by atoms with E-state index in [2.05, 4.69) is 5.32 Å². The van der Waals surface area contributed by atoms with E-state index in [9.17, 15) is 18.0 Å². The molecule has 0 heterocycles. The minimum Gasteiger partial charge on any atom is -0.492 e. The van der Waals surface area contributed by atoms with Crippen LogP contribution in [-0.4, -0.2) is 58.6 Å². The largest absolute Gasteiger partial charge is 0.492 e. The molecule has 0 aromatic heterocycles. The molecule has 0 bridgehead atoms. The second-order valence-corrected chi connectivity index (χ2v) is 8.40. The number of hydrogen-bond donors (Lipinski definition) is 1. The molecule has 0 saturated carbocycles. The predicted octanol–water partition coefficient (Wildman–Crippen LogP) is 2.19. The summed E-state index contributed by atoms with van der Waals surface area (Å²) in [6.45, 7) is 1.84. The maximum atomic E-state index is 12.5. The molecule has 2 aromatic carbocycles. The summed E-state index contributed by atoms with van der Waals surface area (Å²) in [5.74, 6) is -0.218. The molecule has 0 spiro atoms. The molecule has 0 aliphatic rings. The van der Waals surface area contributed by atoms with Gasteiger partial charge in [-0.1, -0.05) is 12.1 Å². The van der Waals surface area contributed by atoms with Crippen LogP contribution in [0.15, 0.2) is 48.5 Å². The van der Waals surface area contributed by atoms with E-state index in [0.717, 1.165) is 10.6 Å². The maximum Gasteiger partial charge on any atom is 0.253 e. The van der Waals surface area contributed by atoms with Crippen molar-refractivity contribution in [2.45, 2.75) is 6.92 Å². The Morgan fingerprint density at radius 3 is 2.21 bits per heavy atom. The van der Waals surface area contributed by atoms with Gasteiger partial charge in [0.15, 0.2) is 0 Å². The van der Waals surface area contributed by atoms with Gasteiger partial charge >= 0.3 is 0 Å². The SMILES string of the molecule is CCOc1ccccc1NC(=O)CN(c1ccc(C(=O)N(C)C)cc1)S(C)(=O)=O. The lowest BCUT2D eigenvalue weighted by molar-refractivity contribution is -0.114. The number of carbonyl (C=O) groups excluding carboxylic acids is 2. The molecule has 156 valence electrons. The van der Waals surface area contributed by atoms with Crippen LogP contribution >= 0.6 is 0 Å². The van der Waals surface area contributed by atoms with Crippen LogP contribution in [0.3, 0.4) is 0 Å². The van der Waals surface area contributed by atoms with Crippen molar-refractivity contribution in [2.24, 2.45) is 0 Å². The molecule has 0 radical (unpaired) electrons. The van der Waals surface area contributed by atoms with E-state index in [1.165, 1.54) is 29.2 Å². The Hall–Kier alpha value is -3.07. The van der Waals surface area contributed by atoms with Crippen molar-refractivity contribution < 1.29 is 22.7 Å². The average molecular weight is 420 g/mol. The number of nitrogens with zero attached hydrogens (tertiary/aromatic N) is 2. The average Bonchev–Trinajstić information content (AvgIpc) is 2.66. The molecule has 9 heteroatoms. The molecule has 0 atom stereocenters. The van der Waals surface area contributed by atoms with Gasteiger partial charge < -0.3 is 15.0 Å². The van der Waals surface area contributed by atoms with Gasteiger partial charge in [0, 0.05) is 19.7 Å². The summed E-state index contributed by atoms with van der Waals surface area (Å²) in [7, 11) is -0.472. The van der Waals surface area contributed by atoms with Crippen LogP contribution in [0.5, 0.6) is 5.75 Å². The van der Waals surface area contributed by atoms with Gasteiger partial charge in [0.1, 0.15) is 12.3 Å². The highest BCUT2D eigenvalue weighted by atomic mass is 32.2. The summed E-state index contributed by atoms with van der Waals surface area (Å²) < 4.78 is 31.0. The van der Waals surface area contributed by atoms with E-state index in [1.54, 1.807) is 38.4 Å². The van der Waals surface area contributed by atoms with Crippen molar-refractivity contribution >= 4 is 33.2 Å². The van der Waals surface area contributed by atoms with Gasteiger partial charge in [-0.05, 0) is 43.3 Å². The highest BCUT2D eigenvalue weighted by molar-refractivity contribution is 7.92. The monoisotopic (exact) mass is 419 g/mol. The first-order valence-electron chi connectivity index (χ1n) is 8.94. The van der Waals surface area contributed by atoms with Gasteiger partial charge in [-0.15, -0.1) is 0 Å². The van der Waals surface area contributed by atoms with E-state index in [-0.39, 0.29) is 11.6 Å². The number of hydrogen-bond acceptors (Lipinski definition) is 5. The Morgan fingerprint density at radius 1 is 1.03 bits per heavy atom. The molecular weight excluding hydrogens is 394 g/mol. The molecule has 2 aromatic rings. The number of carbonyl (C=O) groups is 2. The fraction of sp³-hybridized carbons (Fsp3) is 0.300. The normalized spacial score (nSPS) is 10.9. The van der Waals surface area contributed by atoms with E-state index >= 15 is 0 Å². The molecule has 2 rings (SSSR count). The van der Waals surface area contributed by atoms with E-state index in [0.29, 0.717) is 23.6 Å². The fourth-order valence-corrected chi connectivity index (χ4v) is 3.46. The lowest BCUT2D eigenvalue weighted by atomic mass is 10.2. The van der Waals surface area contributed by atoms with Crippen LogP contribution < -0.4 is 14.4 Å². The third-order valence-corrected chi connectivity index (χ3v) is 5.10. The molecule has 0 aliphatic carbocycles. The number of benzene rings is 2. The second-order valence-electron chi connectivity index (χ2n) is 6.49. The third kappa shape index (κ3) is 5.95. The Balaban J connectivity index is 2.22. The summed E-state index contributed by atoms with van der Waals surface area (Å²) in [5, 5.41) is 2.68. The van der Waals surface area contributed by atoms with Gasteiger partial charge in [0.25, 0.3) is 5.91 Å². The summed E-state index contributed by atoms with van der Waals surface area (Å²) in [6, 6.07) is 13.0. The minimum atomic E-state index is -3.73. The van der Waals surface area contributed by atoms with E-state index in [1.807, 2.05) is 6.92 Å². The Labute approximate surface area is 171 Å². The van der Waals surface area contributed by atoms with Crippen LogP contribution in [0.4, 0.5) is 11.4 Å². The smallest absolute Gasteiger partial charge is 0.253 e. The lowest BCUT2D eigenvalue weighted by Crippen LogP contribution is -2.37. The molecule has 0 fully saturated rings. The molecular formula is C20H25N3O5S. The zero-order valence-electron chi connectivity index (χ0n) is 16.9. The quantitative estimate of drug-likeness (QED) is 0.708. The van der Waals surface area contributed by atoms with E-state index < -0.39 is 22.5 Å². The highest BCUT2D eigenvalue weighted by Gasteiger charge is 2.22. The van der Waals surface area contributed by atoms with Gasteiger partial charge in [-0.2, -0.15) is 0 Å². The van der Waals surface area contributed by atoms with Crippen LogP contribution in [-0.2, 0) is 14.8 Å². The topological polar surface area (TPSA) is 96.0 Å². The number of ether oxygens (including phenoxy) is 1. The van der Waals surface area contributed by atoms with Gasteiger partial charge in [-0.3, -0.25) is 13.9 Å². The molecule has 2 amide bonds. The number of anilines is 2. The summed E-state index contributed by atoms with van der Waals surface area (Å²) in [4.78, 5) is 26.0. The van der Waals surface area contributed by atoms with Crippen molar-refractivity contribution in [3.8, 4) is 5.75 Å². The van der Waals surface area contributed by atoms with Crippen LogP contribution in [0.25, 0.3) is 0 Å². The second kappa shape index (κ2) is 9.42. The summed E-state index contributed by atoms with van der Waals surface area (Å²) in [5.41, 5.74) is 1.16. The summed E-state index contributed by atoms with van der Waals surface area (Å²) in [6.07, 6.45) is 1.02. The Bertz CT molecular complexity index is 972. The number of rotatable bonds is 8. The molecule has 0 aliphatic heterocycles. The number of sulfonamides is 1. The van der Waals surface area contributed by atoms with Crippen molar-refractivity contribution in [1.29, 1.82) is 0 Å². The zero-order valence-corrected chi connectivity index (χ0v) is 17.7. The lowest BCUT2D eigenvalue weighted by Gasteiger charge is -2.22. The number of para-hydroxylation sites is 2. The van der Waals surface area contributed by atoms with Crippen molar-refractivity contribution in [2.75, 3.05) is 43.1 Å². The standard InChI is InChI=1S/C20H25N3O5S/c1-5-28-18-9-7-6-8-17(18)21-19(24)14-23(29(4,26)27)16-12-10-15(11-13-16)20(25)22(2)3/h6-13H,5,14H2,1-4H3,(H,21,24). The first-order valence-corrected chi connectivity index (χ1v) is 10.8. The van der Waals surface area contributed by atoms with Crippen LogP contribution in [0.2, 0.25) is 0 Å². The van der Waals surface area contributed by atoms with Crippen LogP contribution in [0.1, 0.15) is 17.3 Å². The first-order chi connectivity index (χ1) is 13.6. The van der Waals surface area contributed by atoms with Crippen molar-refractivity contribution in [1.82, 2.24) is 4.90 Å². The highest BCUT2D eigenvalue weighted by Crippen LogP contribution is 2.24. The minimum absolute atomic E-state index is 0.201. The van der Waals surface area contributed by atoms with Crippen molar-refractivity contribution in [3.63, 3.8) is 0 Å². The van der Waals surface area contributed by atoms with Gasteiger partial charge in [0.2, 0.25) is 15.9 Å². The summed E-state index contributed by atoms with van der Waals surface area (Å²) >= 11 is 0. The zero-order chi connectivity index (χ0) is 21.6. The Kier molecular flexibility index (Phi) is 7.22. The van der Waals surface area contributed by atoms with E-state index in [4.69, 9.17) is 4.74 Å². The predicted molar refractivity (Wildman–Crippen MR) is 113 cm³/mol. The molecule has 1 N–H and O–H groups in total. The first kappa shape index (κ1) is 22.2. The molecule has 29 heavy (non-hydrogen) atoms. The Morgan fingerprint density at radius 2 is 1.66 bits per heavy atom. The third-order valence-electron chi connectivity index (χ3n) is 3.96. The number of nitrogens with one attached hydrogen (secondary N) is 1. The fourth-order valence-electron chi connectivity index (χ4n) is 2.60. The van der Waals surface area contributed by atoms with Crippen LogP contribution in [0, 0.1) is 0 Å². The molecule has 8 nitrogen and oxygen atoms in total. The van der Waals surface area contributed by atoms with Gasteiger partial charge in [-0.25, -0.2) is 8.42 Å². The molecule has 0 unspecified atom stereocenters.